The SMILES string of the molecule is O=C(Nc1nc(-c2cc3ccccc3o2)cs1)C1CCCN1S(=O)(=O)c1cccs1. The van der Waals surface area contributed by atoms with Gasteiger partial charge < -0.3 is 9.73 Å². The number of amides is 1. The third-order valence-electron chi connectivity index (χ3n) is 4.98. The summed E-state index contributed by atoms with van der Waals surface area (Å²) in [5.74, 6) is 0.258. The van der Waals surface area contributed by atoms with Crippen molar-refractivity contribution in [1.29, 1.82) is 0 Å². The van der Waals surface area contributed by atoms with Crippen LogP contribution in [0.1, 0.15) is 12.8 Å². The van der Waals surface area contributed by atoms with E-state index in [0.717, 1.165) is 22.3 Å². The number of benzene rings is 1. The molecule has 1 unspecified atom stereocenters. The molecule has 1 aliphatic rings. The number of carbonyl (C=O) groups is 1. The highest BCUT2D eigenvalue weighted by atomic mass is 32.2. The van der Waals surface area contributed by atoms with E-state index in [1.807, 2.05) is 35.7 Å². The molecule has 4 heterocycles. The van der Waals surface area contributed by atoms with Gasteiger partial charge in [0.15, 0.2) is 10.9 Å². The number of sulfonamides is 1. The number of aromatic nitrogens is 1. The summed E-state index contributed by atoms with van der Waals surface area (Å²) in [4.78, 5) is 17.3. The molecule has 7 nitrogen and oxygen atoms in total. The highest BCUT2D eigenvalue weighted by Gasteiger charge is 2.40. The lowest BCUT2D eigenvalue weighted by Gasteiger charge is -2.22. The summed E-state index contributed by atoms with van der Waals surface area (Å²) in [7, 11) is -3.68. The second-order valence-corrected chi connectivity index (χ2v) is 10.8. The number of hydrogen-bond donors (Lipinski definition) is 1. The maximum atomic E-state index is 12.9. The molecule has 0 saturated carbocycles. The molecule has 0 radical (unpaired) electrons. The third kappa shape index (κ3) is 3.45. The second-order valence-electron chi connectivity index (χ2n) is 6.88. The number of furan rings is 1. The van der Waals surface area contributed by atoms with Crippen LogP contribution in [0.5, 0.6) is 0 Å². The molecule has 3 aromatic heterocycles. The number of nitrogens with zero attached hydrogens (tertiary/aromatic N) is 2. The van der Waals surface area contributed by atoms with Crippen LogP contribution in [0.25, 0.3) is 22.4 Å². The molecule has 0 aliphatic carbocycles. The molecule has 1 amide bonds. The molecule has 5 rings (SSSR count). The van der Waals surface area contributed by atoms with Crippen LogP contribution < -0.4 is 5.32 Å². The summed E-state index contributed by atoms with van der Waals surface area (Å²) in [6.45, 7) is 0.334. The van der Waals surface area contributed by atoms with Crippen molar-refractivity contribution in [2.24, 2.45) is 0 Å². The summed E-state index contributed by atoms with van der Waals surface area (Å²) < 4.78 is 33.1. The van der Waals surface area contributed by atoms with Gasteiger partial charge in [-0.15, -0.1) is 22.7 Å². The van der Waals surface area contributed by atoms with Gasteiger partial charge in [0.2, 0.25) is 5.91 Å². The van der Waals surface area contributed by atoms with Gasteiger partial charge in [-0.3, -0.25) is 4.79 Å². The van der Waals surface area contributed by atoms with E-state index in [1.54, 1.807) is 17.5 Å². The molecular formula is C20H17N3O4S3. The van der Waals surface area contributed by atoms with Gasteiger partial charge in [0.25, 0.3) is 10.0 Å². The van der Waals surface area contributed by atoms with Crippen LogP contribution in [0.3, 0.4) is 0 Å². The van der Waals surface area contributed by atoms with Gasteiger partial charge in [-0.1, -0.05) is 24.3 Å². The highest BCUT2D eigenvalue weighted by Crippen LogP contribution is 2.32. The first-order valence-electron chi connectivity index (χ1n) is 9.33. The summed E-state index contributed by atoms with van der Waals surface area (Å²) in [6.07, 6.45) is 1.13. The van der Waals surface area contributed by atoms with Gasteiger partial charge in [-0.25, -0.2) is 13.4 Å². The summed E-state index contributed by atoms with van der Waals surface area (Å²) in [5, 5.41) is 7.69. The number of carbonyl (C=O) groups excluding carboxylic acids is 1. The van der Waals surface area contributed by atoms with Crippen molar-refractivity contribution < 1.29 is 17.6 Å². The Labute approximate surface area is 181 Å². The standard InChI is InChI=1S/C20H17N3O4S3/c24-19(15-6-3-9-23(15)30(25,26)18-8-4-10-28-18)22-20-21-14(12-29-20)17-11-13-5-1-2-7-16(13)27-17/h1-2,4-5,7-8,10-12,15H,3,6,9H2,(H,21,22,24). The molecule has 0 bridgehead atoms. The molecule has 1 aliphatic heterocycles. The van der Waals surface area contributed by atoms with E-state index in [1.165, 1.54) is 15.6 Å². The predicted octanol–water partition coefficient (Wildman–Crippen LogP) is 4.41. The normalized spacial score (nSPS) is 17.5. The van der Waals surface area contributed by atoms with Crippen LogP contribution in [-0.2, 0) is 14.8 Å². The van der Waals surface area contributed by atoms with Gasteiger partial charge in [0, 0.05) is 17.3 Å². The van der Waals surface area contributed by atoms with Gasteiger partial charge >= 0.3 is 0 Å². The van der Waals surface area contributed by atoms with E-state index in [9.17, 15) is 13.2 Å². The Morgan fingerprint density at radius 1 is 1.20 bits per heavy atom. The van der Waals surface area contributed by atoms with Crippen molar-refractivity contribution in [2.45, 2.75) is 23.1 Å². The van der Waals surface area contributed by atoms with Crippen molar-refractivity contribution in [3.63, 3.8) is 0 Å². The van der Waals surface area contributed by atoms with Crippen molar-refractivity contribution in [3.8, 4) is 11.5 Å². The van der Waals surface area contributed by atoms with E-state index in [0.29, 0.717) is 36.0 Å². The maximum Gasteiger partial charge on any atom is 0.253 e. The van der Waals surface area contributed by atoms with E-state index in [-0.39, 0.29) is 10.1 Å². The van der Waals surface area contributed by atoms with Crippen LogP contribution >= 0.6 is 22.7 Å². The van der Waals surface area contributed by atoms with Crippen LogP contribution in [0.4, 0.5) is 5.13 Å². The van der Waals surface area contributed by atoms with E-state index >= 15 is 0 Å². The van der Waals surface area contributed by atoms with Crippen molar-refractivity contribution in [3.05, 3.63) is 53.2 Å². The number of para-hydroxylation sites is 1. The van der Waals surface area contributed by atoms with E-state index in [4.69, 9.17) is 4.42 Å². The first-order valence-corrected chi connectivity index (χ1v) is 12.5. The quantitative estimate of drug-likeness (QED) is 0.477. The van der Waals surface area contributed by atoms with Crippen molar-refractivity contribution in [1.82, 2.24) is 9.29 Å². The van der Waals surface area contributed by atoms with Crippen molar-refractivity contribution in [2.75, 3.05) is 11.9 Å². The minimum atomic E-state index is -3.68. The molecule has 1 aromatic carbocycles. The van der Waals surface area contributed by atoms with Gasteiger partial charge in [-0.05, 0) is 36.4 Å². The maximum absolute atomic E-state index is 12.9. The van der Waals surface area contributed by atoms with Crippen LogP contribution in [0.15, 0.2) is 61.9 Å². The fourth-order valence-corrected chi connectivity index (χ4v) is 7.04. The number of nitrogens with one attached hydrogen (secondary N) is 1. The van der Waals surface area contributed by atoms with Gasteiger partial charge in [0.1, 0.15) is 21.5 Å². The molecule has 154 valence electrons. The lowest BCUT2D eigenvalue weighted by atomic mass is 10.2. The lowest BCUT2D eigenvalue weighted by molar-refractivity contribution is -0.119. The number of thiophene rings is 1. The summed E-state index contributed by atoms with van der Waals surface area (Å²) in [5.41, 5.74) is 1.40. The first-order chi connectivity index (χ1) is 14.5. The molecule has 1 fully saturated rings. The van der Waals surface area contributed by atoms with Gasteiger partial charge in [0.05, 0.1) is 0 Å². The Morgan fingerprint density at radius 3 is 2.87 bits per heavy atom. The largest absolute Gasteiger partial charge is 0.454 e. The molecule has 30 heavy (non-hydrogen) atoms. The van der Waals surface area contributed by atoms with Crippen LogP contribution in [0, 0.1) is 0 Å². The fraction of sp³-hybridized carbons (Fsp3) is 0.200. The Hall–Kier alpha value is -2.53. The van der Waals surface area contributed by atoms with E-state index in [2.05, 4.69) is 10.3 Å². The van der Waals surface area contributed by atoms with Gasteiger partial charge in [-0.2, -0.15) is 4.31 Å². The Kier molecular flexibility index (Phi) is 4.94. The number of anilines is 1. The number of rotatable bonds is 5. The number of fused-ring (bicyclic) bond motifs is 1. The average Bonchev–Trinajstić information content (AvgIpc) is 3.54. The number of thiazole rings is 1. The molecular weight excluding hydrogens is 442 g/mol. The topological polar surface area (TPSA) is 92.5 Å². The lowest BCUT2D eigenvalue weighted by Crippen LogP contribution is -2.42. The molecule has 1 N–H and O–H groups in total. The number of hydrogen-bond acceptors (Lipinski definition) is 7. The smallest absolute Gasteiger partial charge is 0.253 e. The first kappa shape index (κ1) is 19.4. The predicted molar refractivity (Wildman–Crippen MR) is 117 cm³/mol. The average molecular weight is 460 g/mol. The minimum absolute atomic E-state index is 0.253. The molecule has 0 spiro atoms. The highest BCUT2D eigenvalue weighted by molar-refractivity contribution is 7.91. The summed E-state index contributed by atoms with van der Waals surface area (Å²) in [6, 6.07) is 12.1. The monoisotopic (exact) mass is 459 g/mol. The van der Waals surface area contributed by atoms with Crippen LogP contribution in [-0.4, -0.2) is 36.2 Å². The van der Waals surface area contributed by atoms with Crippen molar-refractivity contribution >= 4 is 54.7 Å². The molecule has 4 aromatic rings. The molecule has 10 heteroatoms. The Balaban J connectivity index is 1.34. The molecule has 1 atom stereocenters. The fourth-order valence-electron chi connectivity index (χ4n) is 3.56. The minimum Gasteiger partial charge on any atom is -0.454 e. The zero-order chi connectivity index (χ0) is 20.7. The van der Waals surface area contributed by atoms with E-state index < -0.39 is 16.1 Å². The molecule has 1 saturated heterocycles. The zero-order valence-electron chi connectivity index (χ0n) is 15.6. The summed E-state index contributed by atoms with van der Waals surface area (Å²) >= 11 is 2.43. The third-order valence-corrected chi connectivity index (χ3v) is 9.02. The second kappa shape index (κ2) is 7.62. The van der Waals surface area contributed by atoms with Crippen LogP contribution in [0.2, 0.25) is 0 Å². The zero-order valence-corrected chi connectivity index (χ0v) is 18.1. The Morgan fingerprint density at radius 2 is 2.07 bits per heavy atom. The Bertz CT molecular complexity index is 1280.